The van der Waals surface area contributed by atoms with Gasteiger partial charge >= 0.3 is 6.18 Å². The first-order valence-corrected chi connectivity index (χ1v) is 14.1. The lowest BCUT2D eigenvalue weighted by atomic mass is 9.93. The zero-order valence-electron chi connectivity index (χ0n) is 22.4. The van der Waals surface area contributed by atoms with Crippen LogP contribution in [-0.2, 0) is 28.7 Å². The number of amides is 1. The molecule has 0 aliphatic heterocycles. The zero-order chi connectivity index (χ0) is 29.8. The van der Waals surface area contributed by atoms with Crippen molar-refractivity contribution in [3.8, 4) is 22.9 Å². The summed E-state index contributed by atoms with van der Waals surface area (Å²) in [6.07, 6.45) is -2.07. The number of carbonyl (C=O) groups is 1. The fourth-order valence-corrected chi connectivity index (χ4v) is 5.41. The number of alkyl halides is 3. The molecule has 0 aliphatic rings. The van der Waals surface area contributed by atoms with Crippen molar-refractivity contribution in [1.29, 1.82) is 0 Å². The van der Waals surface area contributed by atoms with Gasteiger partial charge in [0.25, 0.3) is 5.91 Å². The van der Waals surface area contributed by atoms with Crippen LogP contribution in [0.15, 0.2) is 71.6 Å². The zero-order valence-corrected chi connectivity index (χ0v) is 23.2. The van der Waals surface area contributed by atoms with E-state index in [-0.39, 0.29) is 12.5 Å². The summed E-state index contributed by atoms with van der Waals surface area (Å²) in [6.45, 7) is 5.52. The molecule has 0 aliphatic carbocycles. The summed E-state index contributed by atoms with van der Waals surface area (Å²) < 4.78 is 77.2. The van der Waals surface area contributed by atoms with Gasteiger partial charge in [-0.15, -0.1) is 0 Å². The number of ether oxygens (including phenoxy) is 1. The molecule has 1 amide bonds. The molecule has 2 N–H and O–H groups in total. The third-order valence-electron chi connectivity index (χ3n) is 5.93. The minimum Gasteiger partial charge on any atom is -0.447 e. The monoisotopic (exact) mass is 591 g/mol. The van der Waals surface area contributed by atoms with E-state index in [0.717, 1.165) is 0 Å². The summed E-state index contributed by atoms with van der Waals surface area (Å²) in [5, 5.41) is 7.29. The second-order valence-electron chi connectivity index (χ2n) is 9.64. The van der Waals surface area contributed by atoms with Crippen LogP contribution in [-0.4, -0.2) is 41.0 Å². The Kier molecular flexibility index (Phi) is 8.54. The number of benzene rings is 2. The predicted molar refractivity (Wildman–Crippen MR) is 144 cm³/mol. The van der Waals surface area contributed by atoms with E-state index in [2.05, 4.69) is 20.1 Å². The fourth-order valence-electron chi connectivity index (χ4n) is 4.01. The quantitative estimate of drug-likeness (QED) is 0.251. The molecule has 2 heterocycles. The van der Waals surface area contributed by atoms with Gasteiger partial charge in [0.2, 0.25) is 15.9 Å². The molecule has 4 rings (SSSR count). The largest absolute Gasteiger partial charge is 0.447 e. The van der Waals surface area contributed by atoms with Gasteiger partial charge in [-0.25, -0.2) is 22.8 Å². The number of rotatable bonds is 11. The Morgan fingerprint density at radius 3 is 2.46 bits per heavy atom. The molecule has 0 saturated carbocycles. The van der Waals surface area contributed by atoms with E-state index < -0.39 is 27.5 Å². The average molecular weight is 592 g/mol. The summed E-state index contributed by atoms with van der Waals surface area (Å²) in [6, 6.07) is 14.9. The van der Waals surface area contributed by atoms with E-state index in [1.165, 1.54) is 26.4 Å². The molecular formula is C27H28F3N5O5S. The molecule has 14 heteroatoms. The Morgan fingerprint density at radius 1 is 1.10 bits per heavy atom. The summed E-state index contributed by atoms with van der Waals surface area (Å²) in [5.74, 6) is -0.859. The molecule has 0 spiro atoms. The lowest BCUT2D eigenvalue weighted by Gasteiger charge is -2.27. The van der Waals surface area contributed by atoms with Crippen molar-refractivity contribution >= 4 is 15.9 Å². The summed E-state index contributed by atoms with van der Waals surface area (Å²) in [5.41, 5.74) is 0.677. The molecule has 0 fully saturated rings. The maximum absolute atomic E-state index is 12.7. The van der Waals surface area contributed by atoms with Gasteiger partial charge in [-0.3, -0.25) is 4.79 Å². The van der Waals surface area contributed by atoms with Crippen LogP contribution < -0.4 is 14.8 Å². The molecule has 0 unspecified atom stereocenters. The van der Waals surface area contributed by atoms with Crippen LogP contribution in [0.5, 0.6) is 11.6 Å². The lowest BCUT2D eigenvalue weighted by Crippen LogP contribution is -2.44. The summed E-state index contributed by atoms with van der Waals surface area (Å²) in [4.78, 5) is 16.2. The van der Waals surface area contributed by atoms with Gasteiger partial charge in [0.1, 0.15) is 11.5 Å². The number of carbonyl (C=O) groups excluding carboxylic acids is 1. The van der Waals surface area contributed by atoms with Crippen LogP contribution in [0.3, 0.4) is 0 Å². The van der Waals surface area contributed by atoms with Crippen molar-refractivity contribution in [1.82, 2.24) is 24.8 Å². The maximum Gasteiger partial charge on any atom is 0.404 e. The molecule has 218 valence electrons. The van der Waals surface area contributed by atoms with Crippen LogP contribution in [0.1, 0.15) is 42.5 Å². The normalized spacial score (nSPS) is 12.3. The second kappa shape index (κ2) is 11.7. The number of nitrogens with zero attached hydrogens (tertiary/aromatic N) is 3. The van der Waals surface area contributed by atoms with Crippen LogP contribution in [0.25, 0.3) is 11.3 Å². The Balaban J connectivity index is 1.48. The molecule has 0 radical (unpaired) electrons. The molecule has 41 heavy (non-hydrogen) atoms. The number of aromatic nitrogens is 3. The summed E-state index contributed by atoms with van der Waals surface area (Å²) in [7, 11) is -4.63. The highest BCUT2D eigenvalue weighted by atomic mass is 32.2. The highest BCUT2D eigenvalue weighted by Gasteiger charge is 2.38. The van der Waals surface area contributed by atoms with Gasteiger partial charge in [-0.1, -0.05) is 18.2 Å². The number of hydrogen-bond acceptors (Lipinski definition) is 7. The molecule has 0 saturated heterocycles. The van der Waals surface area contributed by atoms with Crippen molar-refractivity contribution in [3.63, 3.8) is 0 Å². The Morgan fingerprint density at radius 2 is 1.83 bits per heavy atom. The van der Waals surface area contributed by atoms with E-state index >= 15 is 0 Å². The number of hydrogen-bond donors (Lipinski definition) is 2. The Hall–Kier alpha value is -4.17. The number of sulfonamides is 1. The van der Waals surface area contributed by atoms with Crippen molar-refractivity contribution in [2.24, 2.45) is 0 Å². The van der Waals surface area contributed by atoms with Crippen LogP contribution in [0.2, 0.25) is 0 Å². The summed E-state index contributed by atoms with van der Waals surface area (Å²) >= 11 is 0. The standard InChI is InChI=1S/C27H28F3N5O5S/c1-4-35-24(40-21-10-8-18(9-11-21)25(36)32-15-22-14-31-17-39-22)13-23(33-35)19-6-5-7-20(12-19)26(2,3)34-41(37,38)16-27(28,29)30/h5-14,17,34H,4,15-16H2,1-3H3,(H,32,36). The van der Waals surface area contributed by atoms with Gasteiger partial charge in [-0.2, -0.15) is 18.3 Å². The molecule has 10 nitrogen and oxygen atoms in total. The third-order valence-corrected chi connectivity index (χ3v) is 7.46. The highest BCUT2D eigenvalue weighted by Crippen LogP contribution is 2.31. The van der Waals surface area contributed by atoms with Crippen molar-refractivity contribution in [2.45, 2.75) is 45.6 Å². The molecule has 0 bridgehead atoms. The highest BCUT2D eigenvalue weighted by molar-refractivity contribution is 7.89. The lowest BCUT2D eigenvalue weighted by molar-refractivity contribution is -0.106. The topological polar surface area (TPSA) is 128 Å². The minimum atomic E-state index is -4.86. The van der Waals surface area contributed by atoms with Crippen LogP contribution in [0.4, 0.5) is 13.2 Å². The third kappa shape index (κ3) is 7.95. The maximum atomic E-state index is 12.7. The van der Waals surface area contributed by atoms with Crippen molar-refractivity contribution in [2.75, 3.05) is 5.75 Å². The van der Waals surface area contributed by atoms with E-state index in [1.807, 2.05) is 6.92 Å². The first-order valence-electron chi connectivity index (χ1n) is 12.5. The molecule has 2 aromatic heterocycles. The van der Waals surface area contributed by atoms with Crippen LogP contribution in [0, 0.1) is 0 Å². The SMILES string of the molecule is CCn1nc(-c2cccc(C(C)(C)NS(=O)(=O)CC(F)(F)F)c2)cc1Oc1ccc(C(=O)NCc2cnco2)cc1. The molecule has 2 aromatic carbocycles. The average Bonchev–Trinajstić information content (AvgIpc) is 3.56. The van der Waals surface area contributed by atoms with Crippen molar-refractivity contribution in [3.05, 3.63) is 84.1 Å². The van der Waals surface area contributed by atoms with Gasteiger partial charge in [0.05, 0.1) is 24.0 Å². The first-order chi connectivity index (χ1) is 19.2. The molecular weight excluding hydrogens is 563 g/mol. The first kappa shape index (κ1) is 29.8. The van der Waals surface area contributed by atoms with Crippen molar-refractivity contribution < 1.29 is 35.5 Å². The number of halogens is 3. The van der Waals surface area contributed by atoms with E-state index in [9.17, 15) is 26.4 Å². The Bertz CT molecular complexity index is 1600. The van der Waals surface area contributed by atoms with Gasteiger partial charge in [0, 0.05) is 23.7 Å². The van der Waals surface area contributed by atoms with Crippen LogP contribution >= 0.6 is 0 Å². The number of oxazole rings is 1. The second-order valence-corrected chi connectivity index (χ2v) is 11.4. The fraction of sp³-hybridized carbons (Fsp3) is 0.296. The van der Waals surface area contributed by atoms with Gasteiger partial charge in [0.15, 0.2) is 12.1 Å². The smallest absolute Gasteiger partial charge is 0.404 e. The predicted octanol–water partition coefficient (Wildman–Crippen LogP) is 5.00. The number of aryl methyl sites for hydroxylation is 1. The van der Waals surface area contributed by atoms with E-state index in [0.29, 0.717) is 46.3 Å². The van der Waals surface area contributed by atoms with Gasteiger partial charge < -0.3 is 14.5 Å². The van der Waals surface area contributed by atoms with E-state index in [4.69, 9.17) is 9.15 Å². The molecule has 0 atom stereocenters. The van der Waals surface area contributed by atoms with E-state index in [1.54, 1.807) is 59.3 Å². The Labute approximate surface area is 234 Å². The van der Waals surface area contributed by atoms with Gasteiger partial charge in [-0.05, 0) is 56.7 Å². The minimum absolute atomic E-state index is 0.202. The number of nitrogens with one attached hydrogen (secondary N) is 2. The molecule has 4 aromatic rings.